The zero-order valence-corrected chi connectivity index (χ0v) is 18.9. The van der Waals surface area contributed by atoms with Crippen molar-refractivity contribution in [3.63, 3.8) is 0 Å². The Hall–Kier alpha value is -1.63. The van der Waals surface area contributed by atoms with E-state index in [1.165, 1.54) is 56.9 Å². The Morgan fingerprint density at radius 2 is 1.21 bits per heavy atom. The Labute approximate surface area is 177 Å². The first-order valence-electron chi connectivity index (χ1n) is 12.0. The lowest BCUT2D eigenvalue weighted by atomic mass is 9.68. The van der Waals surface area contributed by atoms with Crippen LogP contribution in [0.15, 0.2) is 42.5 Å². The predicted molar refractivity (Wildman–Crippen MR) is 124 cm³/mol. The molecule has 0 unspecified atom stereocenters. The Balaban J connectivity index is 0.00000117. The molecule has 2 fully saturated rings. The molecule has 2 aliphatic carbocycles. The molecule has 2 aromatic rings. The smallest absolute Gasteiger partial charge is 0.126 e. The summed E-state index contributed by atoms with van der Waals surface area (Å²) in [4.78, 5) is 0. The van der Waals surface area contributed by atoms with E-state index in [2.05, 4.69) is 31.2 Å². The highest BCUT2D eigenvalue weighted by molar-refractivity contribution is 5.64. The number of hydrogen-bond donors (Lipinski definition) is 0. The van der Waals surface area contributed by atoms with Gasteiger partial charge in [-0.1, -0.05) is 70.0 Å². The molecule has 2 aliphatic rings. The summed E-state index contributed by atoms with van der Waals surface area (Å²) in [5.41, 5.74) is 4.27. The summed E-state index contributed by atoms with van der Waals surface area (Å²) in [7, 11) is 0. The molecule has 158 valence electrons. The van der Waals surface area contributed by atoms with Crippen molar-refractivity contribution in [2.24, 2.45) is 17.8 Å². The van der Waals surface area contributed by atoms with Crippen molar-refractivity contribution in [1.82, 2.24) is 0 Å². The van der Waals surface area contributed by atoms with Crippen molar-refractivity contribution >= 4 is 0 Å². The molecule has 0 amide bonds. The molecule has 0 heterocycles. The molecular formula is C28H39F. The average Bonchev–Trinajstić information content (AvgIpc) is 2.78. The number of benzene rings is 2. The highest BCUT2D eigenvalue weighted by Crippen LogP contribution is 2.44. The zero-order valence-electron chi connectivity index (χ0n) is 18.9. The molecule has 2 aromatic carbocycles. The van der Waals surface area contributed by atoms with Gasteiger partial charge in [-0.2, -0.15) is 0 Å². The minimum Gasteiger partial charge on any atom is -0.207 e. The van der Waals surface area contributed by atoms with E-state index >= 15 is 0 Å². The van der Waals surface area contributed by atoms with Crippen LogP contribution < -0.4 is 0 Å². The van der Waals surface area contributed by atoms with Crippen molar-refractivity contribution < 1.29 is 4.39 Å². The lowest BCUT2D eigenvalue weighted by Crippen LogP contribution is -2.24. The molecule has 0 saturated heterocycles. The van der Waals surface area contributed by atoms with Gasteiger partial charge in [-0.25, -0.2) is 4.39 Å². The third-order valence-corrected chi connectivity index (χ3v) is 7.39. The van der Waals surface area contributed by atoms with Crippen LogP contribution in [0.1, 0.15) is 89.2 Å². The fraction of sp³-hybridized carbons (Fsp3) is 0.571. The maximum absolute atomic E-state index is 13.8. The summed E-state index contributed by atoms with van der Waals surface area (Å²) < 4.78 is 13.8. The normalized spacial score (nSPS) is 27.1. The van der Waals surface area contributed by atoms with E-state index in [1.807, 2.05) is 32.9 Å². The topological polar surface area (TPSA) is 0 Å². The molecule has 0 aromatic heterocycles. The molecule has 2 saturated carbocycles. The summed E-state index contributed by atoms with van der Waals surface area (Å²) >= 11 is 0. The number of aryl methyl sites for hydroxylation is 1. The number of hydrogen-bond acceptors (Lipinski definition) is 0. The van der Waals surface area contributed by atoms with Gasteiger partial charge < -0.3 is 0 Å². The first-order valence-corrected chi connectivity index (χ1v) is 12.0. The van der Waals surface area contributed by atoms with Crippen LogP contribution >= 0.6 is 0 Å². The van der Waals surface area contributed by atoms with Gasteiger partial charge in [-0.05, 0) is 97.4 Å². The minimum absolute atomic E-state index is 0.119. The Morgan fingerprint density at radius 3 is 1.76 bits per heavy atom. The SMILES string of the molecule is CC.Cc1ccc(-c2ccc(C3CCC(C4CCC(C)CC4)CC3)cc2)cc1F. The lowest BCUT2D eigenvalue weighted by Gasteiger charge is -2.37. The second-order valence-electron chi connectivity index (χ2n) is 9.22. The van der Waals surface area contributed by atoms with E-state index in [-0.39, 0.29) is 5.82 Å². The third-order valence-electron chi connectivity index (χ3n) is 7.39. The second-order valence-corrected chi connectivity index (χ2v) is 9.22. The van der Waals surface area contributed by atoms with Crippen molar-refractivity contribution in [3.05, 3.63) is 59.4 Å². The van der Waals surface area contributed by atoms with Gasteiger partial charge >= 0.3 is 0 Å². The summed E-state index contributed by atoms with van der Waals surface area (Å²) in [6.07, 6.45) is 11.3. The average molecular weight is 395 g/mol. The number of rotatable bonds is 3. The first kappa shape index (κ1) is 22.1. The standard InChI is InChI=1S/C26H33F.C2H6/c1-18-3-6-20(7-4-18)21-9-11-22(12-10-21)23-13-15-24(16-14-23)25-8-5-19(2)26(27)17-25;1-2/h5,8,13-18,20-22H,3-4,6-7,9-12H2,1-2H3;1-2H3. The predicted octanol–water partition coefficient (Wildman–Crippen LogP) is 8.93. The second kappa shape index (κ2) is 10.4. The van der Waals surface area contributed by atoms with Crippen LogP contribution in [-0.4, -0.2) is 0 Å². The molecule has 0 bridgehead atoms. The van der Waals surface area contributed by atoms with Crippen molar-refractivity contribution in [3.8, 4) is 11.1 Å². The fourth-order valence-corrected chi connectivity index (χ4v) is 5.40. The van der Waals surface area contributed by atoms with Crippen molar-refractivity contribution in [1.29, 1.82) is 0 Å². The molecule has 1 heteroatoms. The van der Waals surface area contributed by atoms with Gasteiger partial charge in [-0.3, -0.25) is 0 Å². The summed E-state index contributed by atoms with van der Waals surface area (Å²) in [5, 5.41) is 0. The molecule has 0 radical (unpaired) electrons. The fourth-order valence-electron chi connectivity index (χ4n) is 5.40. The van der Waals surface area contributed by atoms with Gasteiger partial charge in [0, 0.05) is 0 Å². The van der Waals surface area contributed by atoms with Crippen LogP contribution in [0.2, 0.25) is 0 Å². The van der Waals surface area contributed by atoms with Crippen LogP contribution in [0.5, 0.6) is 0 Å². The summed E-state index contributed by atoms with van der Waals surface area (Å²) in [6.45, 7) is 8.23. The molecule has 0 atom stereocenters. The minimum atomic E-state index is -0.119. The van der Waals surface area contributed by atoms with Gasteiger partial charge in [0.1, 0.15) is 5.82 Å². The van der Waals surface area contributed by atoms with E-state index in [0.717, 1.165) is 28.9 Å². The van der Waals surface area contributed by atoms with Crippen LogP contribution in [0.3, 0.4) is 0 Å². The van der Waals surface area contributed by atoms with E-state index in [4.69, 9.17) is 0 Å². The van der Waals surface area contributed by atoms with Crippen molar-refractivity contribution in [2.45, 2.75) is 85.0 Å². The van der Waals surface area contributed by atoms with Gasteiger partial charge in [0.2, 0.25) is 0 Å². The largest absolute Gasteiger partial charge is 0.207 e. The Morgan fingerprint density at radius 1 is 0.690 bits per heavy atom. The summed E-state index contributed by atoms with van der Waals surface area (Å²) in [5.74, 6) is 3.53. The lowest BCUT2D eigenvalue weighted by molar-refractivity contribution is 0.165. The number of halogens is 1. The van der Waals surface area contributed by atoms with Gasteiger partial charge in [-0.15, -0.1) is 0 Å². The highest BCUT2D eigenvalue weighted by atomic mass is 19.1. The molecule has 29 heavy (non-hydrogen) atoms. The van der Waals surface area contributed by atoms with Crippen LogP contribution in [0, 0.1) is 30.5 Å². The zero-order chi connectivity index (χ0) is 20.8. The Kier molecular flexibility index (Phi) is 7.92. The van der Waals surface area contributed by atoms with Gasteiger partial charge in [0.15, 0.2) is 0 Å². The van der Waals surface area contributed by atoms with E-state index in [1.54, 1.807) is 6.07 Å². The third kappa shape index (κ3) is 5.50. The monoisotopic (exact) mass is 394 g/mol. The van der Waals surface area contributed by atoms with Crippen LogP contribution in [-0.2, 0) is 0 Å². The van der Waals surface area contributed by atoms with Gasteiger partial charge in [0.05, 0.1) is 0 Å². The van der Waals surface area contributed by atoms with E-state index in [0.29, 0.717) is 11.5 Å². The van der Waals surface area contributed by atoms with Crippen LogP contribution in [0.25, 0.3) is 11.1 Å². The van der Waals surface area contributed by atoms with Gasteiger partial charge in [0.25, 0.3) is 0 Å². The van der Waals surface area contributed by atoms with Crippen LogP contribution in [0.4, 0.5) is 4.39 Å². The maximum atomic E-state index is 13.8. The quantitative estimate of drug-likeness (QED) is 0.487. The maximum Gasteiger partial charge on any atom is 0.126 e. The van der Waals surface area contributed by atoms with Crippen molar-refractivity contribution in [2.75, 3.05) is 0 Å². The molecular weight excluding hydrogens is 355 g/mol. The highest BCUT2D eigenvalue weighted by Gasteiger charge is 2.30. The molecule has 0 N–H and O–H groups in total. The molecule has 4 rings (SSSR count). The molecule has 0 aliphatic heterocycles. The van der Waals surface area contributed by atoms with E-state index in [9.17, 15) is 4.39 Å². The molecule has 0 spiro atoms. The Bertz CT molecular complexity index is 744. The van der Waals surface area contributed by atoms with E-state index < -0.39 is 0 Å². The summed E-state index contributed by atoms with van der Waals surface area (Å²) in [6, 6.07) is 14.4. The first-order chi connectivity index (χ1) is 14.1. The molecule has 0 nitrogen and oxygen atoms in total.